The van der Waals surface area contributed by atoms with E-state index in [1.807, 2.05) is 0 Å². The second kappa shape index (κ2) is 5.75. The van der Waals surface area contributed by atoms with Gasteiger partial charge in [0.15, 0.2) is 5.78 Å². The molecule has 0 atom stereocenters. The van der Waals surface area contributed by atoms with E-state index in [2.05, 4.69) is 60.4 Å². The van der Waals surface area contributed by atoms with Gasteiger partial charge in [0.05, 0.1) is 0 Å². The number of Topliss-reactive ketones (excluding diaryl/α,β-unsaturated/α-hetero) is 1. The average Bonchev–Trinajstić information content (AvgIpc) is 2.08. The van der Waals surface area contributed by atoms with Crippen LogP contribution in [0.3, 0.4) is 0 Å². The van der Waals surface area contributed by atoms with Crippen molar-refractivity contribution in [1.29, 1.82) is 0 Å². The van der Waals surface area contributed by atoms with Crippen LogP contribution in [0.1, 0.15) is 67.7 Å². The summed E-state index contributed by atoms with van der Waals surface area (Å²) in [4.78, 5) is 12.6. The first-order valence-corrected chi connectivity index (χ1v) is 7.64. The molecule has 0 bridgehead atoms. The molecule has 0 saturated heterocycles. The number of ketones is 1. The van der Waals surface area contributed by atoms with Crippen LogP contribution in [0.15, 0.2) is 23.4 Å². The maximum Gasteiger partial charge on any atom is 0.165 e. The first-order chi connectivity index (χ1) is 8.91. The second-order valence-corrected chi connectivity index (χ2v) is 8.37. The largest absolute Gasteiger partial charge is 0.383 e. The van der Waals surface area contributed by atoms with Gasteiger partial charge in [0.25, 0.3) is 0 Å². The zero-order valence-corrected chi connectivity index (χ0v) is 14.3. The summed E-state index contributed by atoms with van der Waals surface area (Å²) in [7, 11) is 0. The molecule has 1 aliphatic carbocycles. The highest BCUT2D eigenvalue weighted by Gasteiger charge is 2.34. The minimum absolute atomic E-state index is 0.0370. The van der Waals surface area contributed by atoms with E-state index in [0.717, 1.165) is 29.7 Å². The Morgan fingerprint density at radius 3 is 2.25 bits per heavy atom. The first kappa shape index (κ1) is 17.0. The summed E-state index contributed by atoms with van der Waals surface area (Å²) in [5.74, 6) is 0.765. The number of hydrogen-bond donors (Lipinski definition) is 1. The van der Waals surface area contributed by atoms with Gasteiger partial charge in [-0.3, -0.25) is 4.79 Å². The van der Waals surface area contributed by atoms with E-state index in [4.69, 9.17) is 0 Å². The Hall–Kier alpha value is -1.05. The predicted octanol–water partition coefficient (Wildman–Crippen LogP) is 4.62. The highest BCUT2D eigenvalue weighted by atomic mass is 16.1. The highest BCUT2D eigenvalue weighted by Crippen LogP contribution is 2.40. The van der Waals surface area contributed by atoms with Gasteiger partial charge < -0.3 is 5.32 Å². The van der Waals surface area contributed by atoms with Crippen LogP contribution in [0.25, 0.3) is 0 Å². The van der Waals surface area contributed by atoms with Crippen LogP contribution in [-0.2, 0) is 4.79 Å². The smallest absolute Gasteiger partial charge is 0.165 e. The van der Waals surface area contributed by atoms with Crippen molar-refractivity contribution in [2.45, 2.75) is 73.3 Å². The summed E-state index contributed by atoms with van der Waals surface area (Å²) < 4.78 is 0. The van der Waals surface area contributed by atoms with E-state index in [0.29, 0.717) is 12.3 Å². The topological polar surface area (TPSA) is 29.1 Å². The summed E-state index contributed by atoms with van der Waals surface area (Å²) in [5.41, 5.74) is 2.96. The Bertz CT molecular complexity index is 411. The van der Waals surface area contributed by atoms with Crippen molar-refractivity contribution in [3.8, 4) is 0 Å². The molecule has 0 radical (unpaired) electrons. The third-order valence-electron chi connectivity index (χ3n) is 3.40. The second-order valence-electron chi connectivity index (χ2n) is 8.37. The summed E-state index contributed by atoms with van der Waals surface area (Å²) in [6, 6.07) is 0. The van der Waals surface area contributed by atoms with Crippen molar-refractivity contribution in [2.75, 3.05) is 0 Å². The fraction of sp³-hybridized carbons (Fsp3) is 0.722. The van der Waals surface area contributed by atoms with Gasteiger partial charge in [0, 0.05) is 23.2 Å². The number of carbonyl (C=O) groups is 1. The number of allylic oxidation sites excluding steroid dienone is 3. The van der Waals surface area contributed by atoms with Gasteiger partial charge in [0.2, 0.25) is 0 Å². The minimum Gasteiger partial charge on any atom is -0.383 e. The SMILES string of the molecule is C=C1CC(C)(C)CC(=O)/C1=C(\CC(C)C)NC(C)(C)C. The maximum atomic E-state index is 12.6. The zero-order valence-electron chi connectivity index (χ0n) is 14.3. The van der Waals surface area contributed by atoms with Crippen LogP contribution >= 0.6 is 0 Å². The van der Waals surface area contributed by atoms with Gasteiger partial charge in [-0.05, 0) is 50.5 Å². The molecular weight excluding hydrogens is 246 g/mol. The Balaban J connectivity index is 3.19. The standard InChI is InChI=1S/C18H31NO/c1-12(2)9-14(19-17(4,5)6)16-13(3)10-18(7,8)11-15(16)20/h12,19H,3,9-11H2,1-2,4-8H3/b16-14+. The van der Waals surface area contributed by atoms with Gasteiger partial charge in [0.1, 0.15) is 0 Å². The molecule has 1 saturated carbocycles. The van der Waals surface area contributed by atoms with Crippen molar-refractivity contribution >= 4 is 5.78 Å². The van der Waals surface area contributed by atoms with Crippen molar-refractivity contribution in [3.05, 3.63) is 23.4 Å². The lowest BCUT2D eigenvalue weighted by atomic mass is 9.71. The number of hydrogen-bond acceptors (Lipinski definition) is 2. The van der Waals surface area contributed by atoms with E-state index < -0.39 is 0 Å². The monoisotopic (exact) mass is 277 g/mol. The molecule has 1 aliphatic rings. The molecule has 0 heterocycles. The van der Waals surface area contributed by atoms with Crippen molar-refractivity contribution < 1.29 is 4.79 Å². The molecule has 1 N–H and O–H groups in total. The normalized spacial score (nSPS) is 22.2. The summed E-state index contributed by atoms with van der Waals surface area (Å²) >= 11 is 0. The van der Waals surface area contributed by atoms with Gasteiger partial charge in [-0.15, -0.1) is 0 Å². The maximum absolute atomic E-state index is 12.6. The van der Waals surface area contributed by atoms with Crippen LogP contribution in [0, 0.1) is 11.3 Å². The van der Waals surface area contributed by atoms with Crippen LogP contribution in [0.5, 0.6) is 0 Å². The van der Waals surface area contributed by atoms with Crippen molar-refractivity contribution in [3.63, 3.8) is 0 Å². The lowest BCUT2D eigenvalue weighted by molar-refractivity contribution is -0.118. The van der Waals surface area contributed by atoms with E-state index in [-0.39, 0.29) is 16.7 Å². The Morgan fingerprint density at radius 2 is 1.85 bits per heavy atom. The third kappa shape index (κ3) is 4.81. The van der Waals surface area contributed by atoms with Crippen molar-refractivity contribution in [1.82, 2.24) is 5.32 Å². The van der Waals surface area contributed by atoms with Crippen LogP contribution in [-0.4, -0.2) is 11.3 Å². The molecule has 1 fully saturated rings. The molecular formula is C18H31NO. The lowest BCUT2D eigenvalue weighted by Gasteiger charge is -2.35. The number of carbonyl (C=O) groups excluding carboxylic acids is 1. The molecule has 2 nitrogen and oxygen atoms in total. The molecule has 114 valence electrons. The molecule has 20 heavy (non-hydrogen) atoms. The predicted molar refractivity (Wildman–Crippen MR) is 86.5 cm³/mol. The average molecular weight is 277 g/mol. The Labute approximate surface area is 124 Å². The molecule has 0 aromatic rings. The van der Waals surface area contributed by atoms with Crippen LogP contribution in [0.4, 0.5) is 0 Å². The van der Waals surface area contributed by atoms with Gasteiger partial charge in [-0.1, -0.05) is 34.3 Å². The molecule has 0 aromatic carbocycles. The third-order valence-corrected chi connectivity index (χ3v) is 3.40. The fourth-order valence-corrected chi connectivity index (χ4v) is 2.91. The van der Waals surface area contributed by atoms with E-state index in [1.165, 1.54) is 0 Å². The Kier molecular flexibility index (Phi) is 4.89. The van der Waals surface area contributed by atoms with Crippen molar-refractivity contribution in [2.24, 2.45) is 11.3 Å². The summed E-state index contributed by atoms with van der Waals surface area (Å²) in [6.07, 6.45) is 2.42. The lowest BCUT2D eigenvalue weighted by Crippen LogP contribution is -2.38. The van der Waals surface area contributed by atoms with Gasteiger partial charge in [-0.2, -0.15) is 0 Å². The highest BCUT2D eigenvalue weighted by molar-refractivity contribution is 6.01. The van der Waals surface area contributed by atoms with E-state index in [1.54, 1.807) is 0 Å². The number of nitrogens with one attached hydrogen (secondary N) is 1. The zero-order chi connectivity index (χ0) is 15.7. The van der Waals surface area contributed by atoms with E-state index in [9.17, 15) is 4.79 Å². The fourth-order valence-electron chi connectivity index (χ4n) is 2.91. The molecule has 0 spiro atoms. The minimum atomic E-state index is -0.0370. The van der Waals surface area contributed by atoms with Crippen LogP contribution in [0.2, 0.25) is 0 Å². The summed E-state index contributed by atoms with van der Waals surface area (Å²) in [5, 5.41) is 3.54. The molecule has 2 heteroatoms. The summed E-state index contributed by atoms with van der Waals surface area (Å²) in [6.45, 7) is 19.2. The molecule has 1 rings (SSSR count). The molecule has 0 aliphatic heterocycles. The first-order valence-electron chi connectivity index (χ1n) is 7.64. The van der Waals surface area contributed by atoms with Gasteiger partial charge in [-0.25, -0.2) is 0 Å². The molecule has 0 unspecified atom stereocenters. The quantitative estimate of drug-likeness (QED) is 0.763. The van der Waals surface area contributed by atoms with Crippen LogP contribution < -0.4 is 5.32 Å². The van der Waals surface area contributed by atoms with Gasteiger partial charge >= 0.3 is 0 Å². The van der Waals surface area contributed by atoms with E-state index >= 15 is 0 Å². The molecule has 0 amide bonds. The molecule has 0 aromatic heterocycles. The number of rotatable bonds is 3. The Morgan fingerprint density at radius 1 is 1.30 bits per heavy atom.